The Labute approximate surface area is 110 Å². The second-order valence-corrected chi connectivity index (χ2v) is 4.25. The first-order chi connectivity index (χ1) is 9.25. The summed E-state index contributed by atoms with van der Waals surface area (Å²) in [6, 6.07) is 13.7. The maximum absolute atomic E-state index is 12.2. The van der Waals surface area contributed by atoms with Gasteiger partial charge in [-0.15, -0.1) is 0 Å². The normalized spacial score (nSPS) is 14.2. The van der Waals surface area contributed by atoms with Crippen LogP contribution < -0.4 is 9.47 Å². The van der Waals surface area contributed by atoms with E-state index in [4.69, 9.17) is 9.47 Å². The third-order valence-electron chi connectivity index (χ3n) is 3.02. The predicted molar refractivity (Wildman–Crippen MR) is 68.3 cm³/mol. The first-order valence-electron chi connectivity index (χ1n) is 5.92. The Morgan fingerprint density at radius 1 is 1.05 bits per heavy atom. The second kappa shape index (κ2) is 4.74. The Balaban J connectivity index is 1.88. The van der Waals surface area contributed by atoms with Crippen molar-refractivity contribution in [3.63, 3.8) is 0 Å². The van der Waals surface area contributed by atoms with E-state index in [0.717, 1.165) is 0 Å². The monoisotopic (exact) mass is 256 g/mol. The molecule has 0 unspecified atom stereocenters. The molecule has 4 nitrogen and oxygen atoms in total. The molecular formula is C15H12O4. The topological polar surface area (TPSA) is 55.8 Å². The van der Waals surface area contributed by atoms with Crippen LogP contribution >= 0.6 is 0 Å². The van der Waals surface area contributed by atoms with Crippen LogP contribution in [-0.4, -0.2) is 17.7 Å². The van der Waals surface area contributed by atoms with E-state index in [9.17, 15) is 9.90 Å². The number of fused-ring (bicyclic) bond motifs is 1. The third kappa shape index (κ3) is 2.18. The van der Waals surface area contributed by atoms with E-state index < -0.39 is 6.10 Å². The molecule has 1 N–H and O–H groups in total. The summed E-state index contributed by atoms with van der Waals surface area (Å²) in [5.74, 6) is 0.793. The van der Waals surface area contributed by atoms with Crippen molar-refractivity contribution in [1.82, 2.24) is 0 Å². The summed E-state index contributed by atoms with van der Waals surface area (Å²) in [5, 5.41) is 10.1. The van der Waals surface area contributed by atoms with E-state index in [1.807, 2.05) is 6.07 Å². The Hall–Kier alpha value is -2.33. The van der Waals surface area contributed by atoms with Gasteiger partial charge in [0.05, 0.1) is 0 Å². The second-order valence-electron chi connectivity index (χ2n) is 4.25. The van der Waals surface area contributed by atoms with Crippen LogP contribution in [0.15, 0.2) is 48.5 Å². The molecule has 3 rings (SSSR count). The zero-order valence-electron chi connectivity index (χ0n) is 10.1. The average molecular weight is 256 g/mol. The number of ether oxygens (including phenoxy) is 2. The number of carbonyl (C=O) groups is 1. The lowest BCUT2D eigenvalue weighted by Gasteiger charge is -2.10. The number of aliphatic hydroxyl groups excluding tert-OH is 1. The molecule has 0 spiro atoms. The largest absolute Gasteiger partial charge is 0.454 e. The number of hydrogen-bond donors (Lipinski definition) is 1. The van der Waals surface area contributed by atoms with Gasteiger partial charge in [-0.3, -0.25) is 4.79 Å². The zero-order chi connectivity index (χ0) is 13.2. The predicted octanol–water partition coefficient (Wildman–Crippen LogP) is 2.33. The Morgan fingerprint density at radius 3 is 2.58 bits per heavy atom. The summed E-state index contributed by atoms with van der Waals surface area (Å²) >= 11 is 0. The van der Waals surface area contributed by atoms with Crippen molar-refractivity contribution in [2.75, 3.05) is 6.79 Å². The van der Waals surface area contributed by atoms with Crippen LogP contribution in [0.3, 0.4) is 0 Å². The molecule has 4 heteroatoms. The molecule has 1 atom stereocenters. The minimum absolute atomic E-state index is 0.161. The van der Waals surface area contributed by atoms with Crippen LogP contribution in [0.5, 0.6) is 11.5 Å². The summed E-state index contributed by atoms with van der Waals surface area (Å²) in [6.45, 7) is 0.161. The van der Waals surface area contributed by atoms with E-state index in [1.54, 1.807) is 42.5 Å². The molecule has 1 aliphatic heterocycles. The highest BCUT2D eigenvalue weighted by Crippen LogP contribution is 2.33. The summed E-state index contributed by atoms with van der Waals surface area (Å²) in [6.07, 6.45) is -1.17. The first kappa shape index (κ1) is 11.7. The van der Waals surface area contributed by atoms with Gasteiger partial charge in [-0.05, 0) is 23.8 Å². The van der Waals surface area contributed by atoms with Crippen LogP contribution in [0.25, 0.3) is 0 Å². The minimum Gasteiger partial charge on any atom is -0.454 e. The number of hydrogen-bond acceptors (Lipinski definition) is 4. The van der Waals surface area contributed by atoms with Crippen molar-refractivity contribution in [2.24, 2.45) is 0 Å². The fourth-order valence-electron chi connectivity index (χ4n) is 1.99. The van der Waals surface area contributed by atoms with Gasteiger partial charge in [0, 0.05) is 5.56 Å². The molecule has 0 radical (unpaired) electrons. The van der Waals surface area contributed by atoms with E-state index in [-0.39, 0.29) is 12.6 Å². The van der Waals surface area contributed by atoms with Gasteiger partial charge in [-0.1, -0.05) is 30.3 Å². The highest BCUT2D eigenvalue weighted by atomic mass is 16.7. The third-order valence-corrected chi connectivity index (χ3v) is 3.02. The number of Topliss-reactive ketones (excluding diaryl/α,β-unsaturated/α-hetero) is 1. The lowest BCUT2D eigenvalue weighted by Crippen LogP contribution is -2.12. The highest BCUT2D eigenvalue weighted by Gasteiger charge is 2.22. The SMILES string of the molecule is O=C(c1ccc2c(c1)OCO2)[C@H](O)c1ccccc1. The van der Waals surface area contributed by atoms with Gasteiger partial charge in [0.15, 0.2) is 17.3 Å². The fourth-order valence-corrected chi connectivity index (χ4v) is 1.99. The van der Waals surface area contributed by atoms with Gasteiger partial charge in [0.25, 0.3) is 0 Å². The van der Waals surface area contributed by atoms with Crippen LogP contribution in [-0.2, 0) is 0 Å². The molecule has 2 aromatic carbocycles. The number of benzene rings is 2. The van der Waals surface area contributed by atoms with Crippen molar-refractivity contribution in [3.8, 4) is 11.5 Å². The summed E-state index contributed by atoms with van der Waals surface area (Å²) in [7, 11) is 0. The van der Waals surface area contributed by atoms with Crippen molar-refractivity contribution >= 4 is 5.78 Å². The molecule has 1 aliphatic rings. The number of carbonyl (C=O) groups excluding carboxylic acids is 1. The molecule has 0 aromatic heterocycles. The van der Waals surface area contributed by atoms with Gasteiger partial charge in [-0.25, -0.2) is 0 Å². The molecule has 0 saturated carbocycles. The fraction of sp³-hybridized carbons (Fsp3) is 0.133. The summed E-state index contributed by atoms with van der Waals surface area (Å²) in [5.41, 5.74) is 0.978. The van der Waals surface area contributed by atoms with Crippen LogP contribution in [0.1, 0.15) is 22.0 Å². The van der Waals surface area contributed by atoms with Crippen LogP contribution in [0.2, 0.25) is 0 Å². The number of ketones is 1. The molecule has 1 heterocycles. The average Bonchev–Trinajstić information content (AvgIpc) is 2.94. The highest BCUT2D eigenvalue weighted by molar-refractivity contribution is 6.00. The smallest absolute Gasteiger partial charge is 0.231 e. The molecule has 0 aliphatic carbocycles. The maximum Gasteiger partial charge on any atom is 0.231 e. The Kier molecular flexibility index (Phi) is 2.93. The van der Waals surface area contributed by atoms with E-state index in [0.29, 0.717) is 22.6 Å². The lowest BCUT2D eigenvalue weighted by atomic mass is 10.00. The number of rotatable bonds is 3. The van der Waals surface area contributed by atoms with Crippen LogP contribution in [0, 0.1) is 0 Å². The van der Waals surface area contributed by atoms with E-state index in [2.05, 4.69) is 0 Å². The quantitative estimate of drug-likeness (QED) is 0.856. The number of aliphatic hydroxyl groups is 1. The van der Waals surface area contributed by atoms with Gasteiger partial charge in [-0.2, -0.15) is 0 Å². The summed E-state index contributed by atoms with van der Waals surface area (Å²) in [4.78, 5) is 12.2. The Morgan fingerprint density at radius 2 is 1.79 bits per heavy atom. The Bertz CT molecular complexity index is 607. The molecule has 96 valence electrons. The molecule has 2 aromatic rings. The minimum atomic E-state index is -1.17. The van der Waals surface area contributed by atoms with Gasteiger partial charge in [0.2, 0.25) is 6.79 Å². The lowest BCUT2D eigenvalue weighted by molar-refractivity contribution is 0.0747. The van der Waals surface area contributed by atoms with Crippen molar-refractivity contribution in [1.29, 1.82) is 0 Å². The zero-order valence-corrected chi connectivity index (χ0v) is 10.1. The van der Waals surface area contributed by atoms with Crippen molar-refractivity contribution < 1.29 is 19.4 Å². The van der Waals surface area contributed by atoms with Gasteiger partial charge < -0.3 is 14.6 Å². The standard InChI is InChI=1S/C15H12O4/c16-14(10-4-2-1-3-5-10)15(17)11-6-7-12-13(8-11)19-9-18-12/h1-8,14,16H,9H2/t14-/m1/s1. The van der Waals surface area contributed by atoms with Crippen molar-refractivity contribution in [3.05, 3.63) is 59.7 Å². The van der Waals surface area contributed by atoms with Crippen LogP contribution in [0.4, 0.5) is 0 Å². The van der Waals surface area contributed by atoms with Gasteiger partial charge >= 0.3 is 0 Å². The summed E-state index contributed by atoms with van der Waals surface area (Å²) < 4.78 is 10.4. The molecule has 0 saturated heterocycles. The molecule has 0 fully saturated rings. The molecular weight excluding hydrogens is 244 g/mol. The molecule has 0 amide bonds. The van der Waals surface area contributed by atoms with Crippen molar-refractivity contribution in [2.45, 2.75) is 6.10 Å². The van der Waals surface area contributed by atoms with E-state index >= 15 is 0 Å². The van der Waals surface area contributed by atoms with E-state index in [1.165, 1.54) is 0 Å². The first-order valence-corrected chi connectivity index (χ1v) is 5.92. The molecule has 19 heavy (non-hydrogen) atoms. The maximum atomic E-state index is 12.2. The molecule has 0 bridgehead atoms. The van der Waals surface area contributed by atoms with Gasteiger partial charge in [0.1, 0.15) is 6.10 Å².